The molecule has 9 nitrogen and oxygen atoms in total. The van der Waals surface area contributed by atoms with E-state index in [4.69, 9.17) is 9.47 Å². The van der Waals surface area contributed by atoms with Crippen LogP contribution in [-0.4, -0.2) is 87.5 Å². The summed E-state index contributed by atoms with van der Waals surface area (Å²) in [5.74, 6) is -0.157. The number of allylic oxidation sites excluding steroid dienone is 18. The van der Waals surface area contributed by atoms with Crippen molar-refractivity contribution < 1.29 is 39.8 Å². The summed E-state index contributed by atoms with van der Waals surface area (Å²) in [7, 11) is 0. The summed E-state index contributed by atoms with van der Waals surface area (Å²) in [5, 5.41) is 54.9. The first kappa shape index (κ1) is 74.9. The molecule has 1 fully saturated rings. The van der Waals surface area contributed by atoms with Crippen LogP contribution in [0.4, 0.5) is 0 Å². The van der Waals surface area contributed by atoms with Gasteiger partial charge in [0.05, 0.1) is 25.4 Å². The van der Waals surface area contributed by atoms with E-state index in [2.05, 4.69) is 129 Å². The fourth-order valence-electron chi connectivity index (χ4n) is 9.98. The lowest BCUT2D eigenvalue weighted by molar-refractivity contribution is -0.302. The maximum absolute atomic E-state index is 13.1. The predicted molar refractivity (Wildman–Crippen MR) is 341 cm³/mol. The number of amides is 1. The van der Waals surface area contributed by atoms with Crippen LogP contribution >= 0.6 is 0 Å². The van der Waals surface area contributed by atoms with Gasteiger partial charge in [-0.25, -0.2) is 0 Å². The number of rotatable bonds is 56. The van der Waals surface area contributed by atoms with Crippen LogP contribution in [0, 0.1) is 0 Å². The Morgan fingerprint density at radius 1 is 0.438 bits per heavy atom. The van der Waals surface area contributed by atoms with Crippen LogP contribution in [0.2, 0.25) is 0 Å². The zero-order chi connectivity index (χ0) is 57.9. The molecular weight excluding hydrogens is 995 g/mol. The summed E-state index contributed by atoms with van der Waals surface area (Å²) in [5.41, 5.74) is 0. The van der Waals surface area contributed by atoms with Crippen LogP contribution in [0.1, 0.15) is 277 Å². The molecule has 460 valence electrons. The molecule has 0 aromatic carbocycles. The molecule has 1 rings (SSSR count). The molecule has 0 spiro atoms. The van der Waals surface area contributed by atoms with Crippen molar-refractivity contribution in [2.75, 3.05) is 13.2 Å². The highest BCUT2D eigenvalue weighted by Gasteiger charge is 2.44. The second-order valence-corrected chi connectivity index (χ2v) is 22.5. The van der Waals surface area contributed by atoms with E-state index < -0.39 is 49.5 Å². The lowest BCUT2D eigenvalue weighted by Gasteiger charge is -2.40. The standard InChI is InChI=1S/C71H123NO8/c1-3-5-7-9-11-13-15-17-19-21-23-25-27-28-29-30-31-32-33-34-35-36-37-38-39-41-43-45-47-49-51-53-55-57-59-61-67(75)72-64(63-79-71-70(78)69(77)68(76)66(62-73)80-71)65(74)60-58-56-54-52-50-48-46-44-42-40-26-24-22-20-18-16-14-12-10-8-6-4-2/h5,7,11,13,17,19,23,25,28-29,31-32,34-35,37-38,41,43,64-66,68-71,73-74,76-78H,3-4,6,8-10,12,14-16,18,20-22,24,26-27,30,33,36,39-40,42,44-63H2,1-2H3,(H,72,75)/b7-5-,13-11-,19-17-,25-23-,29-28-,32-31-,35-34-,38-37-,43-41-. The molecule has 0 radical (unpaired) electrons. The second kappa shape index (κ2) is 59.0. The molecule has 0 aromatic heterocycles. The van der Waals surface area contributed by atoms with Gasteiger partial charge < -0.3 is 40.3 Å². The minimum absolute atomic E-state index is 0.148. The summed E-state index contributed by atoms with van der Waals surface area (Å²) >= 11 is 0. The Hall–Kier alpha value is -3.15. The molecule has 1 aliphatic rings. The topological polar surface area (TPSA) is 149 Å². The zero-order valence-corrected chi connectivity index (χ0v) is 51.3. The Kier molecular flexibility index (Phi) is 55.2. The van der Waals surface area contributed by atoms with Gasteiger partial charge in [-0.05, 0) is 83.5 Å². The van der Waals surface area contributed by atoms with Gasteiger partial charge >= 0.3 is 0 Å². The summed E-state index contributed by atoms with van der Waals surface area (Å²) in [6.07, 6.45) is 79.8. The molecule has 80 heavy (non-hydrogen) atoms. The number of ether oxygens (including phenoxy) is 2. The Morgan fingerprint density at radius 2 is 0.775 bits per heavy atom. The van der Waals surface area contributed by atoms with Crippen LogP contribution in [0.15, 0.2) is 109 Å². The van der Waals surface area contributed by atoms with Crippen molar-refractivity contribution in [3.8, 4) is 0 Å². The van der Waals surface area contributed by atoms with E-state index in [0.29, 0.717) is 12.8 Å². The van der Waals surface area contributed by atoms with E-state index in [0.717, 1.165) is 109 Å². The van der Waals surface area contributed by atoms with Crippen LogP contribution in [0.3, 0.4) is 0 Å². The van der Waals surface area contributed by atoms with E-state index in [9.17, 15) is 30.3 Å². The first-order chi connectivity index (χ1) is 39.3. The molecule has 0 aliphatic carbocycles. The third kappa shape index (κ3) is 47.4. The largest absolute Gasteiger partial charge is 0.394 e. The fraction of sp³-hybridized carbons (Fsp3) is 0.732. The SMILES string of the molecule is CC/C=C\C/C=C\C/C=C\C/C=C\C/C=C\C/C=C\C/C=C\C/C=C\C/C=C\CCCCCCCCCC(=O)NC(COC1OC(CO)C(O)C(O)C1O)C(O)CCCCCCCCCCCCCCCCCCCCCCCC. The van der Waals surface area contributed by atoms with Crippen molar-refractivity contribution >= 4 is 5.91 Å². The molecule has 9 heteroatoms. The number of carbonyl (C=O) groups excluding carboxylic acids is 1. The summed E-state index contributed by atoms with van der Waals surface area (Å²) in [6.45, 7) is 3.74. The van der Waals surface area contributed by atoms with Gasteiger partial charge in [0.2, 0.25) is 5.91 Å². The smallest absolute Gasteiger partial charge is 0.220 e. The molecule has 7 atom stereocenters. The number of nitrogens with one attached hydrogen (secondary N) is 1. The third-order valence-electron chi connectivity index (χ3n) is 15.1. The van der Waals surface area contributed by atoms with E-state index in [1.54, 1.807) is 0 Å². The number of aliphatic hydroxyl groups is 5. The lowest BCUT2D eigenvalue weighted by Crippen LogP contribution is -2.60. The molecule has 1 amide bonds. The van der Waals surface area contributed by atoms with Crippen LogP contribution < -0.4 is 5.32 Å². The van der Waals surface area contributed by atoms with E-state index in [-0.39, 0.29) is 12.5 Å². The summed E-state index contributed by atoms with van der Waals surface area (Å²) < 4.78 is 11.3. The number of carbonyl (C=O) groups is 1. The van der Waals surface area contributed by atoms with Gasteiger partial charge in [0.25, 0.3) is 0 Å². The van der Waals surface area contributed by atoms with Crippen LogP contribution in [-0.2, 0) is 14.3 Å². The van der Waals surface area contributed by atoms with Gasteiger partial charge in [0, 0.05) is 6.42 Å². The van der Waals surface area contributed by atoms with Crippen molar-refractivity contribution in [3.05, 3.63) is 109 Å². The summed E-state index contributed by atoms with van der Waals surface area (Å²) in [4.78, 5) is 13.1. The van der Waals surface area contributed by atoms with Crippen LogP contribution in [0.25, 0.3) is 0 Å². The lowest BCUT2D eigenvalue weighted by atomic mass is 9.99. The molecule has 0 bridgehead atoms. The van der Waals surface area contributed by atoms with Gasteiger partial charge in [0.1, 0.15) is 24.4 Å². The van der Waals surface area contributed by atoms with Crippen molar-refractivity contribution in [2.45, 2.75) is 320 Å². The average Bonchev–Trinajstić information content (AvgIpc) is 3.46. The molecule has 0 aromatic rings. The minimum Gasteiger partial charge on any atom is -0.394 e. The number of aliphatic hydroxyl groups excluding tert-OH is 5. The highest BCUT2D eigenvalue weighted by atomic mass is 16.7. The van der Waals surface area contributed by atoms with Crippen molar-refractivity contribution in [2.24, 2.45) is 0 Å². The third-order valence-corrected chi connectivity index (χ3v) is 15.1. The average molecular weight is 1120 g/mol. The van der Waals surface area contributed by atoms with E-state index in [1.165, 1.54) is 141 Å². The first-order valence-corrected chi connectivity index (χ1v) is 33.1. The maximum atomic E-state index is 13.1. The Morgan fingerprint density at radius 3 is 1.15 bits per heavy atom. The number of unbranched alkanes of at least 4 members (excludes halogenated alkanes) is 28. The first-order valence-electron chi connectivity index (χ1n) is 33.1. The number of hydrogen-bond donors (Lipinski definition) is 6. The van der Waals surface area contributed by atoms with E-state index in [1.807, 2.05) is 0 Å². The highest BCUT2D eigenvalue weighted by molar-refractivity contribution is 5.76. The number of hydrogen-bond acceptors (Lipinski definition) is 8. The maximum Gasteiger partial charge on any atom is 0.220 e. The van der Waals surface area contributed by atoms with Crippen molar-refractivity contribution in [1.29, 1.82) is 0 Å². The molecular formula is C71H123NO8. The molecule has 1 saturated heterocycles. The van der Waals surface area contributed by atoms with E-state index >= 15 is 0 Å². The fourth-order valence-corrected chi connectivity index (χ4v) is 9.98. The highest BCUT2D eigenvalue weighted by Crippen LogP contribution is 2.23. The quantitative estimate of drug-likeness (QED) is 0.0261. The second-order valence-electron chi connectivity index (χ2n) is 22.5. The Labute approximate surface area is 491 Å². The Bertz CT molecular complexity index is 1630. The van der Waals surface area contributed by atoms with Gasteiger partial charge in [-0.3, -0.25) is 4.79 Å². The molecule has 0 saturated carbocycles. The zero-order valence-electron chi connectivity index (χ0n) is 51.3. The monoisotopic (exact) mass is 1120 g/mol. The van der Waals surface area contributed by atoms with Crippen LogP contribution in [0.5, 0.6) is 0 Å². The predicted octanol–water partition coefficient (Wildman–Crippen LogP) is 17.7. The van der Waals surface area contributed by atoms with Gasteiger partial charge in [-0.1, -0.05) is 297 Å². The summed E-state index contributed by atoms with van der Waals surface area (Å²) in [6, 6.07) is -0.734. The molecule has 6 N–H and O–H groups in total. The van der Waals surface area contributed by atoms with Gasteiger partial charge in [-0.15, -0.1) is 0 Å². The molecule has 1 heterocycles. The normalized spacial score (nSPS) is 19.2. The molecule has 7 unspecified atom stereocenters. The van der Waals surface area contributed by atoms with Crippen molar-refractivity contribution in [3.63, 3.8) is 0 Å². The van der Waals surface area contributed by atoms with Gasteiger partial charge in [-0.2, -0.15) is 0 Å². The molecule has 1 aliphatic heterocycles. The Balaban J connectivity index is 2.18. The minimum atomic E-state index is -1.56. The van der Waals surface area contributed by atoms with Gasteiger partial charge in [0.15, 0.2) is 6.29 Å². The van der Waals surface area contributed by atoms with Crippen molar-refractivity contribution in [1.82, 2.24) is 5.32 Å².